The molecule has 0 aliphatic carbocycles. The summed E-state index contributed by atoms with van der Waals surface area (Å²) in [4.78, 5) is 14.5. The average molecular weight is 467 g/mol. The summed E-state index contributed by atoms with van der Waals surface area (Å²) < 4.78 is 31.6. The fourth-order valence-electron chi connectivity index (χ4n) is 3.08. The Labute approximate surface area is 174 Å². The lowest BCUT2D eigenvalue weighted by molar-refractivity contribution is 0.0764. The molecule has 150 valence electrons. The van der Waals surface area contributed by atoms with Gasteiger partial charge in [0.15, 0.2) is 0 Å². The molecule has 0 atom stereocenters. The van der Waals surface area contributed by atoms with Gasteiger partial charge in [0.2, 0.25) is 10.0 Å². The molecule has 3 rings (SSSR count). The maximum atomic E-state index is 12.8. The third-order valence-electron chi connectivity index (χ3n) is 4.64. The van der Waals surface area contributed by atoms with Gasteiger partial charge in [0.25, 0.3) is 5.91 Å². The Bertz CT molecular complexity index is 931. The Kier molecular flexibility index (Phi) is 6.74. The summed E-state index contributed by atoms with van der Waals surface area (Å²) in [5.74, 6) is 0.691. The van der Waals surface area contributed by atoms with Gasteiger partial charge in [-0.1, -0.05) is 24.3 Å². The number of para-hydroxylation sites is 1. The molecular weight excluding hydrogens is 444 g/mol. The van der Waals surface area contributed by atoms with Gasteiger partial charge in [-0.3, -0.25) is 4.79 Å². The highest BCUT2D eigenvalue weighted by Crippen LogP contribution is 2.24. The normalized spacial score (nSPS) is 15.9. The monoisotopic (exact) mass is 466 g/mol. The van der Waals surface area contributed by atoms with Crippen LogP contribution in [0.1, 0.15) is 22.3 Å². The van der Waals surface area contributed by atoms with E-state index < -0.39 is 10.0 Å². The number of carbonyl (C=O) groups excluding carboxylic acids is 1. The minimum atomic E-state index is -3.22. The largest absolute Gasteiger partial charge is 0.488 e. The molecule has 1 fully saturated rings. The summed E-state index contributed by atoms with van der Waals surface area (Å²) in [6, 6.07) is 15.0. The summed E-state index contributed by atoms with van der Waals surface area (Å²) in [6.07, 6.45) is 1.84. The highest BCUT2D eigenvalue weighted by atomic mass is 79.9. The van der Waals surface area contributed by atoms with Crippen LogP contribution in [0.2, 0.25) is 0 Å². The number of amides is 1. The molecule has 1 amide bonds. The highest BCUT2D eigenvalue weighted by molar-refractivity contribution is 9.10. The van der Waals surface area contributed by atoms with Gasteiger partial charge in [-0.15, -0.1) is 0 Å². The molecule has 0 spiro atoms. The van der Waals surface area contributed by atoms with Crippen molar-refractivity contribution in [3.05, 3.63) is 64.1 Å². The van der Waals surface area contributed by atoms with Crippen molar-refractivity contribution in [2.24, 2.45) is 0 Å². The second kappa shape index (κ2) is 9.07. The lowest BCUT2D eigenvalue weighted by Gasteiger charge is -2.21. The molecule has 0 radical (unpaired) electrons. The molecule has 0 bridgehead atoms. The lowest BCUT2D eigenvalue weighted by atomic mass is 10.1. The molecule has 0 aromatic heterocycles. The predicted octanol–water partition coefficient (Wildman–Crippen LogP) is 3.14. The van der Waals surface area contributed by atoms with Crippen molar-refractivity contribution in [2.45, 2.75) is 13.0 Å². The van der Waals surface area contributed by atoms with Crippen molar-refractivity contribution in [1.82, 2.24) is 9.21 Å². The van der Waals surface area contributed by atoms with E-state index >= 15 is 0 Å². The van der Waals surface area contributed by atoms with Crippen molar-refractivity contribution < 1.29 is 17.9 Å². The van der Waals surface area contributed by atoms with Crippen molar-refractivity contribution in [3.8, 4) is 5.75 Å². The van der Waals surface area contributed by atoms with E-state index in [2.05, 4.69) is 15.9 Å². The number of halogens is 1. The van der Waals surface area contributed by atoms with Crippen LogP contribution in [0.3, 0.4) is 0 Å². The first-order valence-electron chi connectivity index (χ1n) is 9.05. The number of carbonyl (C=O) groups is 1. The first kappa shape index (κ1) is 20.8. The van der Waals surface area contributed by atoms with E-state index in [-0.39, 0.29) is 5.91 Å². The minimum Gasteiger partial charge on any atom is -0.488 e. The number of benzene rings is 2. The Balaban J connectivity index is 1.60. The van der Waals surface area contributed by atoms with Crippen molar-refractivity contribution in [2.75, 3.05) is 32.4 Å². The van der Waals surface area contributed by atoms with E-state index in [1.165, 1.54) is 10.6 Å². The Morgan fingerprint density at radius 3 is 2.43 bits per heavy atom. The molecule has 1 heterocycles. The average Bonchev–Trinajstić information content (AvgIpc) is 2.93. The molecule has 0 N–H and O–H groups in total. The zero-order chi connectivity index (χ0) is 20.1. The number of hydrogen-bond acceptors (Lipinski definition) is 4. The fourth-order valence-corrected chi connectivity index (χ4v) is 4.35. The molecular formula is C20H23BrN2O4S. The molecule has 6 nitrogen and oxygen atoms in total. The van der Waals surface area contributed by atoms with Crippen molar-refractivity contribution >= 4 is 31.9 Å². The molecule has 1 saturated heterocycles. The zero-order valence-corrected chi connectivity index (χ0v) is 18.1. The molecule has 28 heavy (non-hydrogen) atoms. The minimum absolute atomic E-state index is 0.0753. The van der Waals surface area contributed by atoms with Crippen LogP contribution in [0.15, 0.2) is 53.0 Å². The SMILES string of the molecule is CS(=O)(=O)N1CCCN(C(=O)c2ccc(COc3ccccc3Br)cc2)CC1. The van der Waals surface area contributed by atoms with Crippen LogP contribution in [-0.2, 0) is 16.6 Å². The van der Waals surface area contributed by atoms with E-state index in [0.717, 1.165) is 15.8 Å². The first-order valence-corrected chi connectivity index (χ1v) is 11.7. The number of nitrogens with zero attached hydrogens (tertiary/aromatic N) is 2. The van der Waals surface area contributed by atoms with Crippen LogP contribution in [0.25, 0.3) is 0 Å². The van der Waals surface area contributed by atoms with Gasteiger partial charge in [0, 0.05) is 31.7 Å². The van der Waals surface area contributed by atoms with Gasteiger partial charge in [0.05, 0.1) is 10.7 Å². The second-order valence-corrected chi connectivity index (χ2v) is 9.56. The molecule has 0 saturated carbocycles. The van der Waals surface area contributed by atoms with E-state index in [0.29, 0.717) is 44.8 Å². The van der Waals surface area contributed by atoms with Crippen LogP contribution >= 0.6 is 15.9 Å². The Hall–Kier alpha value is -1.90. The standard InChI is InChI=1S/C20H23BrN2O4S/c1-28(25,26)23-12-4-11-22(13-14-23)20(24)17-9-7-16(8-10-17)15-27-19-6-3-2-5-18(19)21/h2-3,5-10H,4,11-15H2,1H3. The zero-order valence-electron chi connectivity index (χ0n) is 15.7. The van der Waals surface area contributed by atoms with E-state index in [9.17, 15) is 13.2 Å². The van der Waals surface area contributed by atoms with Crippen LogP contribution in [0.4, 0.5) is 0 Å². The van der Waals surface area contributed by atoms with Gasteiger partial charge in [-0.05, 0) is 52.2 Å². The third-order valence-corrected chi connectivity index (χ3v) is 6.60. The summed E-state index contributed by atoms with van der Waals surface area (Å²) in [7, 11) is -3.22. The summed E-state index contributed by atoms with van der Waals surface area (Å²) in [5, 5.41) is 0. The molecule has 8 heteroatoms. The maximum absolute atomic E-state index is 12.8. The van der Waals surface area contributed by atoms with E-state index in [4.69, 9.17) is 4.74 Å². The third kappa shape index (κ3) is 5.33. The first-order chi connectivity index (χ1) is 13.3. The second-order valence-electron chi connectivity index (χ2n) is 6.72. The van der Waals surface area contributed by atoms with Crippen molar-refractivity contribution in [3.63, 3.8) is 0 Å². The van der Waals surface area contributed by atoms with E-state index in [1.54, 1.807) is 17.0 Å². The van der Waals surface area contributed by atoms with Gasteiger partial charge in [-0.2, -0.15) is 0 Å². The smallest absolute Gasteiger partial charge is 0.253 e. The fraction of sp³-hybridized carbons (Fsp3) is 0.350. The van der Waals surface area contributed by atoms with Gasteiger partial charge in [0.1, 0.15) is 12.4 Å². The van der Waals surface area contributed by atoms with Crippen LogP contribution in [0.5, 0.6) is 5.75 Å². The number of rotatable bonds is 5. The summed E-state index contributed by atoms with van der Waals surface area (Å²) in [5.41, 5.74) is 1.56. The molecule has 1 aliphatic heterocycles. The molecule has 2 aromatic rings. The lowest BCUT2D eigenvalue weighted by Crippen LogP contribution is -2.36. The van der Waals surface area contributed by atoms with Gasteiger partial charge in [-0.25, -0.2) is 12.7 Å². The molecule has 1 aliphatic rings. The Morgan fingerprint density at radius 1 is 1.04 bits per heavy atom. The number of ether oxygens (including phenoxy) is 1. The number of hydrogen-bond donors (Lipinski definition) is 0. The highest BCUT2D eigenvalue weighted by Gasteiger charge is 2.24. The quantitative estimate of drug-likeness (QED) is 0.678. The number of sulfonamides is 1. The van der Waals surface area contributed by atoms with Crippen LogP contribution < -0.4 is 4.74 Å². The summed E-state index contributed by atoms with van der Waals surface area (Å²) >= 11 is 3.45. The molecule has 2 aromatic carbocycles. The Morgan fingerprint density at radius 2 is 1.75 bits per heavy atom. The van der Waals surface area contributed by atoms with Crippen LogP contribution in [0, 0.1) is 0 Å². The topological polar surface area (TPSA) is 66.9 Å². The maximum Gasteiger partial charge on any atom is 0.253 e. The van der Waals surface area contributed by atoms with Gasteiger partial charge < -0.3 is 9.64 Å². The van der Waals surface area contributed by atoms with Crippen LogP contribution in [-0.4, -0.2) is 56.0 Å². The van der Waals surface area contributed by atoms with Crippen molar-refractivity contribution in [1.29, 1.82) is 0 Å². The molecule has 0 unspecified atom stereocenters. The van der Waals surface area contributed by atoms with E-state index in [1.807, 2.05) is 36.4 Å². The van der Waals surface area contributed by atoms with Gasteiger partial charge >= 0.3 is 0 Å². The predicted molar refractivity (Wildman–Crippen MR) is 112 cm³/mol. The summed E-state index contributed by atoms with van der Waals surface area (Å²) in [6.45, 7) is 2.15.